The van der Waals surface area contributed by atoms with Gasteiger partial charge in [-0.2, -0.15) is 0 Å². The third-order valence-corrected chi connectivity index (χ3v) is 4.76. The van der Waals surface area contributed by atoms with Gasteiger partial charge in [-0.05, 0) is 48.9 Å². The molecule has 2 amide bonds. The smallest absolute Gasteiger partial charge is 0.321 e. The number of halogens is 3. The molecule has 132 valence electrons. The minimum atomic E-state index is -0.508. The standard InChI is InChI=1S/C18H18Cl2FN3O/c1-12-10-13(19)2-5-17(12)23-6-8-24(9-7-23)18(25)22-14-3-4-16(21)15(20)11-14/h2-5,10-11H,6-9H2,1H3,(H,22,25). The number of amides is 2. The molecular weight excluding hydrogens is 364 g/mol. The van der Waals surface area contributed by atoms with Crippen LogP contribution in [0.3, 0.4) is 0 Å². The predicted octanol–water partition coefficient (Wildman–Crippen LogP) is 4.80. The first-order valence-electron chi connectivity index (χ1n) is 7.96. The van der Waals surface area contributed by atoms with E-state index >= 15 is 0 Å². The average Bonchev–Trinajstić information content (AvgIpc) is 2.58. The van der Waals surface area contributed by atoms with Gasteiger partial charge in [0, 0.05) is 42.6 Å². The third kappa shape index (κ3) is 4.17. The Morgan fingerprint density at radius 2 is 1.80 bits per heavy atom. The molecular formula is C18H18Cl2FN3O. The molecule has 1 aliphatic rings. The maximum atomic E-state index is 13.2. The molecule has 0 radical (unpaired) electrons. The lowest BCUT2D eigenvalue weighted by Gasteiger charge is -2.36. The molecule has 2 aromatic rings. The van der Waals surface area contributed by atoms with Gasteiger partial charge in [-0.3, -0.25) is 0 Å². The molecule has 1 N–H and O–H groups in total. The predicted molar refractivity (Wildman–Crippen MR) is 100 cm³/mol. The van der Waals surface area contributed by atoms with Gasteiger partial charge in [-0.15, -0.1) is 0 Å². The van der Waals surface area contributed by atoms with Gasteiger partial charge in [0.1, 0.15) is 5.82 Å². The van der Waals surface area contributed by atoms with Crippen molar-refractivity contribution >= 4 is 40.6 Å². The number of hydrogen-bond donors (Lipinski definition) is 1. The number of hydrogen-bond acceptors (Lipinski definition) is 2. The second kappa shape index (κ2) is 7.50. The first-order valence-corrected chi connectivity index (χ1v) is 8.72. The van der Waals surface area contributed by atoms with E-state index in [-0.39, 0.29) is 11.1 Å². The summed E-state index contributed by atoms with van der Waals surface area (Å²) in [4.78, 5) is 16.3. The summed E-state index contributed by atoms with van der Waals surface area (Å²) in [5, 5.41) is 3.46. The normalized spacial score (nSPS) is 14.6. The summed E-state index contributed by atoms with van der Waals surface area (Å²) < 4.78 is 13.2. The van der Waals surface area contributed by atoms with Crippen molar-refractivity contribution < 1.29 is 9.18 Å². The molecule has 1 fully saturated rings. The first kappa shape index (κ1) is 17.8. The van der Waals surface area contributed by atoms with Crippen LogP contribution in [0.25, 0.3) is 0 Å². The largest absolute Gasteiger partial charge is 0.368 e. The molecule has 2 aromatic carbocycles. The Morgan fingerprint density at radius 1 is 1.08 bits per heavy atom. The lowest BCUT2D eigenvalue weighted by atomic mass is 10.1. The Labute approximate surface area is 156 Å². The number of anilines is 2. The molecule has 4 nitrogen and oxygen atoms in total. The number of urea groups is 1. The first-order chi connectivity index (χ1) is 11.9. The van der Waals surface area contributed by atoms with E-state index < -0.39 is 5.82 Å². The molecule has 1 heterocycles. The molecule has 1 aliphatic heterocycles. The van der Waals surface area contributed by atoms with Crippen LogP contribution in [0.15, 0.2) is 36.4 Å². The summed E-state index contributed by atoms with van der Waals surface area (Å²) in [6.45, 7) is 4.70. The van der Waals surface area contributed by atoms with E-state index in [2.05, 4.69) is 10.2 Å². The van der Waals surface area contributed by atoms with Crippen molar-refractivity contribution in [3.63, 3.8) is 0 Å². The fourth-order valence-electron chi connectivity index (χ4n) is 2.90. The SMILES string of the molecule is Cc1cc(Cl)ccc1N1CCN(C(=O)Nc2ccc(F)c(Cl)c2)CC1. The second-order valence-electron chi connectivity index (χ2n) is 5.96. The highest BCUT2D eigenvalue weighted by Gasteiger charge is 2.22. The summed E-state index contributed by atoms with van der Waals surface area (Å²) in [7, 11) is 0. The zero-order valence-electron chi connectivity index (χ0n) is 13.7. The summed E-state index contributed by atoms with van der Waals surface area (Å²) >= 11 is 11.7. The minimum Gasteiger partial charge on any atom is -0.368 e. The Balaban J connectivity index is 1.59. The molecule has 3 rings (SSSR count). The van der Waals surface area contributed by atoms with Crippen LogP contribution in [0.1, 0.15) is 5.56 Å². The van der Waals surface area contributed by atoms with Gasteiger partial charge in [0.2, 0.25) is 0 Å². The van der Waals surface area contributed by atoms with Crippen LogP contribution in [0.2, 0.25) is 10.0 Å². The Morgan fingerprint density at radius 3 is 2.44 bits per heavy atom. The minimum absolute atomic E-state index is 0.0131. The highest BCUT2D eigenvalue weighted by Crippen LogP contribution is 2.25. The van der Waals surface area contributed by atoms with E-state index in [4.69, 9.17) is 23.2 Å². The van der Waals surface area contributed by atoms with Gasteiger partial charge in [0.15, 0.2) is 0 Å². The lowest BCUT2D eigenvalue weighted by molar-refractivity contribution is 0.208. The highest BCUT2D eigenvalue weighted by atomic mass is 35.5. The van der Waals surface area contributed by atoms with Gasteiger partial charge >= 0.3 is 6.03 Å². The molecule has 0 aliphatic carbocycles. The van der Waals surface area contributed by atoms with E-state index in [1.807, 2.05) is 25.1 Å². The van der Waals surface area contributed by atoms with Gasteiger partial charge in [0.05, 0.1) is 5.02 Å². The molecule has 0 aromatic heterocycles. The van der Waals surface area contributed by atoms with Crippen LogP contribution in [0.4, 0.5) is 20.6 Å². The van der Waals surface area contributed by atoms with Crippen LogP contribution in [0.5, 0.6) is 0 Å². The van der Waals surface area contributed by atoms with Gasteiger partial charge in [-0.25, -0.2) is 9.18 Å². The van der Waals surface area contributed by atoms with Gasteiger partial charge < -0.3 is 15.1 Å². The van der Waals surface area contributed by atoms with Crippen molar-refractivity contribution in [1.29, 1.82) is 0 Å². The number of benzene rings is 2. The molecule has 0 unspecified atom stereocenters. The topological polar surface area (TPSA) is 35.6 Å². The maximum absolute atomic E-state index is 13.2. The zero-order chi connectivity index (χ0) is 18.0. The number of nitrogens with one attached hydrogen (secondary N) is 1. The molecule has 0 saturated carbocycles. The summed E-state index contributed by atoms with van der Waals surface area (Å²) in [5.74, 6) is -0.508. The van der Waals surface area contributed by atoms with Crippen molar-refractivity contribution in [2.24, 2.45) is 0 Å². The van der Waals surface area contributed by atoms with E-state index in [9.17, 15) is 9.18 Å². The zero-order valence-corrected chi connectivity index (χ0v) is 15.2. The summed E-state index contributed by atoms with van der Waals surface area (Å²) in [5.41, 5.74) is 2.73. The van der Waals surface area contributed by atoms with Crippen LogP contribution in [-0.2, 0) is 0 Å². The molecule has 0 spiro atoms. The average molecular weight is 382 g/mol. The van der Waals surface area contributed by atoms with Crippen molar-refractivity contribution in [3.8, 4) is 0 Å². The van der Waals surface area contributed by atoms with Crippen molar-refractivity contribution in [1.82, 2.24) is 4.90 Å². The Hall–Kier alpha value is -1.98. The van der Waals surface area contributed by atoms with E-state index in [1.54, 1.807) is 4.90 Å². The van der Waals surface area contributed by atoms with Crippen LogP contribution >= 0.6 is 23.2 Å². The van der Waals surface area contributed by atoms with E-state index in [1.165, 1.54) is 18.2 Å². The number of nitrogens with zero attached hydrogens (tertiary/aromatic N) is 2. The number of carbonyl (C=O) groups is 1. The maximum Gasteiger partial charge on any atom is 0.321 e. The van der Waals surface area contributed by atoms with Gasteiger partial charge in [0.25, 0.3) is 0 Å². The quantitative estimate of drug-likeness (QED) is 0.810. The van der Waals surface area contributed by atoms with Crippen LogP contribution < -0.4 is 10.2 Å². The van der Waals surface area contributed by atoms with Gasteiger partial charge in [-0.1, -0.05) is 23.2 Å². The van der Waals surface area contributed by atoms with Crippen LogP contribution in [0, 0.1) is 12.7 Å². The van der Waals surface area contributed by atoms with Crippen molar-refractivity contribution in [3.05, 3.63) is 57.8 Å². The molecule has 1 saturated heterocycles. The molecule has 25 heavy (non-hydrogen) atoms. The second-order valence-corrected chi connectivity index (χ2v) is 6.81. The van der Waals surface area contributed by atoms with E-state index in [0.717, 1.165) is 29.4 Å². The number of carbonyl (C=O) groups excluding carboxylic acids is 1. The highest BCUT2D eigenvalue weighted by molar-refractivity contribution is 6.31. The number of aryl methyl sites for hydroxylation is 1. The Bertz CT molecular complexity index is 792. The third-order valence-electron chi connectivity index (χ3n) is 4.24. The number of rotatable bonds is 2. The number of piperazine rings is 1. The molecule has 0 atom stereocenters. The fourth-order valence-corrected chi connectivity index (χ4v) is 3.31. The summed E-state index contributed by atoms with van der Waals surface area (Å²) in [6, 6.07) is 9.74. The van der Waals surface area contributed by atoms with E-state index in [0.29, 0.717) is 18.8 Å². The lowest BCUT2D eigenvalue weighted by Crippen LogP contribution is -2.50. The fraction of sp³-hybridized carbons (Fsp3) is 0.278. The molecule has 7 heteroatoms. The van der Waals surface area contributed by atoms with Crippen molar-refractivity contribution in [2.45, 2.75) is 6.92 Å². The van der Waals surface area contributed by atoms with Crippen LogP contribution in [-0.4, -0.2) is 37.1 Å². The molecule has 0 bridgehead atoms. The van der Waals surface area contributed by atoms with Crippen molar-refractivity contribution in [2.75, 3.05) is 36.4 Å². The Kier molecular flexibility index (Phi) is 5.35. The monoisotopic (exact) mass is 381 g/mol. The summed E-state index contributed by atoms with van der Waals surface area (Å²) in [6.07, 6.45) is 0.